The summed E-state index contributed by atoms with van der Waals surface area (Å²) in [5.74, 6) is 0.848. The molecule has 2 rings (SSSR count). The van der Waals surface area contributed by atoms with Gasteiger partial charge in [0.25, 0.3) is 0 Å². The van der Waals surface area contributed by atoms with Crippen LogP contribution in [0.5, 0.6) is 5.75 Å². The summed E-state index contributed by atoms with van der Waals surface area (Å²) in [7, 11) is 3.75. The second-order valence-corrected chi connectivity index (χ2v) is 7.28. The molecule has 1 aromatic rings. The van der Waals surface area contributed by atoms with E-state index in [0.29, 0.717) is 12.6 Å². The van der Waals surface area contributed by atoms with E-state index in [1.54, 1.807) is 0 Å². The number of hydrogen-bond donors (Lipinski definition) is 0. The minimum atomic E-state index is -0.347. The summed E-state index contributed by atoms with van der Waals surface area (Å²) in [6.45, 7) is 11.0. The van der Waals surface area contributed by atoms with Crippen LogP contribution in [0.1, 0.15) is 34.6 Å². The SMILES string of the molecule is CC(COc1cccc(B2OC(C)(C)C(C)(C)O2)c1)N(C)C. The second-order valence-electron chi connectivity index (χ2n) is 7.28. The Balaban J connectivity index is 2.07. The molecule has 0 spiro atoms. The minimum absolute atomic E-state index is 0.325. The number of nitrogens with zero attached hydrogens (tertiary/aromatic N) is 1. The van der Waals surface area contributed by atoms with E-state index in [0.717, 1.165) is 11.2 Å². The molecule has 4 nitrogen and oxygen atoms in total. The number of likely N-dealkylation sites (N-methyl/N-ethyl adjacent to an activating group) is 1. The summed E-state index contributed by atoms with van der Waals surface area (Å²) in [5.41, 5.74) is 0.343. The Morgan fingerprint density at radius 3 is 2.27 bits per heavy atom. The predicted octanol–water partition coefficient (Wildman–Crippen LogP) is 2.31. The monoisotopic (exact) mass is 305 g/mol. The van der Waals surface area contributed by atoms with Crippen molar-refractivity contribution in [2.45, 2.75) is 51.9 Å². The van der Waals surface area contributed by atoms with Crippen molar-refractivity contribution >= 4 is 12.6 Å². The lowest BCUT2D eigenvalue weighted by Crippen LogP contribution is -2.41. The maximum Gasteiger partial charge on any atom is 0.494 e. The first kappa shape index (κ1) is 17.3. The van der Waals surface area contributed by atoms with Gasteiger partial charge < -0.3 is 18.9 Å². The molecule has 0 amide bonds. The van der Waals surface area contributed by atoms with Crippen LogP contribution in [-0.2, 0) is 9.31 Å². The van der Waals surface area contributed by atoms with Crippen LogP contribution in [0.15, 0.2) is 24.3 Å². The highest BCUT2D eigenvalue weighted by Crippen LogP contribution is 2.36. The molecule has 1 fully saturated rings. The van der Waals surface area contributed by atoms with Crippen molar-refractivity contribution in [2.24, 2.45) is 0 Å². The van der Waals surface area contributed by atoms with E-state index in [-0.39, 0.29) is 18.3 Å². The summed E-state index contributed by atoms with van der Waals surface area (Å²) < 4.78 is 18.0. The Morgan fingerprint density at radius 2 is 1.73 bits per heavy atom. The molecule has 1 unspecified atom stereocenters. The Labute approximate surface area is 134 Å². The summed E-state index contributed by atoms with van der Waals surface area (Å²) in [4.78, 5) is 2.14. The molecule has 1 saturated heterocycles. The topological polar surface area (TPSA) is 30.9 Å². The average Bonchev–Trinajstić information content (AvgIpc) is 2.65. The maximum absolute atomic E-state index is 6.08. The number of rotatable bonds is 5. The molecule has 0 N–H and O–H groups in total. The number of hydrogen-bond acceptors (Lipinski definition) is 4. The van der Waals surface area contributed by atoms with Gasteiger partial charge in [-0.2, -0.15) is 0 Å². The Hall–Kier alpha value is -1.04. The first-order valence-electron chi connectivity index (χ1n) is 7.87. The van der Waals surface area contributed by atoms with Crippen molar-refractivity contribution < 1.29 is 14.0 Å². The summed E-state index contributed by atoms with van der Waals surface area (Å²) in [6, 6.07) is 8.34. The van der Waals surface area contributed by atoms with Crippen LogP contribution >= 0.6 is 0 Å². The summed E-state index contributed by atoms with van der Waals surface area (Å²) >= 11 is 0. The van der Waals surface area contributed by atoms with Gasteiger partial charge in [-0.15, -0.1) is 0 Å². The van der Waals surface area contributed by atoms with Crippen LogP contribution in [0.2, 0.25) is 0 Å². The molecule has 0 bridgehead atoms. The highest BCUT2D eigenvalue weighted by atomic mass is 16.7. The fraction of sp³-hybridized carbons (Fsp3) is 0.647. The second kappa shape index (κ2) is 6.22. The highest BCUT2D eigenvalue weighted by Gasteiger charge is 2.51. The third-order valence-electron chi connectivity index (χ3n) is 4.76. The van der Waals surface area contributed by atoms with E-state index in [4.69, 9.17) is 14.0 Å². The largest absolute Gasteiger partial charge is 0.494 e. The van der Waals surface area contributed by atoms with E-state index in [1.807, 2.05) is 24.3 Å². The van der Waals surface area contributed by atoms with Gasteiger partial charge in [0, 0.05) is 6.04 Å². The minimum Gasteiger partial charge on any atom is -0.492 e. The zero-order valence-corrected chi connectivity index (χ0v) is 14.8. The van der Waals surface area contributed by atoms with E-state index in [2.05, 4.69) is 53.6 Å². The smallest absolute Gasteiger partial charge is 0.492 e. The molecule has 122 valence electrons. The van der Waals surface area contributed by atoms with Crippen molar-refractivity contribution in [3.05, 3.63) is 24.3 Å². The van der Waals surface area contributed by atoms with Gasteiger partial charge in [-0.25, -0.2) is 0 Å². The van der Waals surface area contributed by atoms with Crippen LogP contribution in [0.25, 0.3) is 0 Å². The Kier molecular flexibility index (Phi) is 4.90. The van der Waals surface area contributed by atoms with Crippen LogP contribution in [0.3, 0.4) is 0 Å². The van der Waals surface area contributed by atoms with Gasteiger partial charge in [0.2, 0.25) is 0 Å². The first-order chi connectivity index (χ1) is 10.1. The van der Waals surface area contributed by atoms with Gasteiger partial charge in [-0.3, -0.25) is 0 Å². The standard InChI is InChI=1S/C17H28BNO3/c1-13(19(6)7)12-20-15-10-8-9-14(11-15)18-21-16(2,3)17(4,5)22-18/h8-11,13H,12H2,1-7H3. The van der Waals surface area contributed by atoms with Crippen molar-refractivity contribution in [1.29, 1.82) is 0 Å². The Bertz CT molecular complexity index is 500. The molecule has 0 aromatic heterocycles. The molecular weight excluding hydrogens is 277 g/mol. The van der Waals surface area contributed by atoms with Crippen LogP contribution in [-0.4, -0.2) is 50.0 Å². The van der Waals surface area contributed by atoms with Crippen LogP contribution in [0, 0.1) is 0 Å². The van der Waals surface area contributed by atoms with Crippen LogP contribution < -0.4 is 10.2 Å². The zero-order chi connectivity index (χ0) is 16.5. The van der Waals surface area contributed by atoms with Crippen molar-refractivity contribution in [3.8, 4) is 5.75 Å². The molecule has 22 heavy (non-hydrogen) atoms. The van der Waals surface area contributed by atoms with Gasteiger partial charge in [0.1, 0.15) is 12.4 Å². The van der Waals surface area contributed by atoms with E-state index >= 15 is 0 Å². The molecule has 1 aliphatic heterocycles. The first-order valence-corrected chi connectivity index (χ1v) is 7.87. The van der Waals surface area contributed by atoms with Crippen LogP contribution in [0.4, 0.5) is 0 Å². The van der Waals surface area contributed by atoms with Gasteiger partial charge in [-0.1, -0.05) is 12.1 Å². The molecule has 1 aliphatic rings. The normalized spacial score (nSPS) is 21.2. The molecule has 1 atom stereocenters. The van der Waals surface area contributed by atoms with Gasteiger partial charge in [0.05, 0.1) is 11.2 Å². The maximum atomic E-state index is 6.08. The lowest BCUT2D eigenvalue weighted by Gasteiger charge is -2.32. The molecule has 0 saturated carbocycles. The number of benzene rings is 1. The van der Waals surface area contributed by atoms with Crippen molar-refractivity contribution in [1.82, 2.24) is 4.90 Å². The molecular formula is C17H28BNO3. The van der Waals surface area contributed by atoms with Gasteiger partial charge >= 0.3 is 7.12 Å². The van der Waals surface area contributed by atoms with Crippen molar-refractivity contribution in [2.75, 3.05) is 20.7 Å². The molecule has 1 aromatic carbocycles. The number of ether oxygens (including phenoxy) is 1. The van der Waals surface area contributed by atoms with Gasteiger partial charge in [-0.05, 0) is 66.3 Å². The van der Waals surface area contributed by atoms with E-state index in [9.17, 15) is 0 Å². The predicted molar refractivity (Wildman–Crippen MR) is 90.8 cm³/mol. The summed E-state index contributed by atoms with van der Waals surface area (Å²) in [6.07, 6.45) is 0. The third-order valence-corrected chi connectivity index (χ3v) is 4.76. The van der Waals surface area contributed by atoms with Crippen molar-refractivity contribution in [3.63, 3.8) is 0 Å². The average molecular weight is 305 g/mol. The molecule has 0 aliphatic carbocycles. The fourth-order valence-electron chi connectivity index (χ4n) is 2.10. The molecule has 5 heteroatoms. The van der Waals surface area contributed by atoms with E-state index in [1.165, 1.54) is 0 Å². The lowest BCUT2D eigenvalue weighted by molar-refractivity contribution is 0.00578. The highest BCUT2D eigenvalue weighted by molar-refractivity contribution is 6.62. The van der Waals surface area contributed by atoms with Gasteiger partial charge in [0.15, 0.2) is 0 Å². The quantitative estimate of drug-likeness (QED) is 0.781. The summed E-state index contributed by atoms with van der Waals surface area (Å²) in [5, 5.41) is 0. The zero-order valence-electron chi connectivity index (χ0n) is 14.8. The Morgan fingerprint density at radius 1 is 1.14 bits per heavy atom. The third kappa shape index (κ3) is 3.65. The van der Waals surface area contributed by atoms with E-state index < -0.39 is 0 Å². The molecule has 1 heterocycles. The molecule has 0 radical (unpaired) electrons. The fourth-order valence-corrected chi connectivity index (χ4v) is 2.10. The lowest BCUT2D eigenvalue weighted by atomic mass is 9.79.